The van der Waals surface area contributed by atoms with Gasteiger partial charge in [0.05, 0.1) is 6.04 Å². The fourth-order valence-corrected chi connectivity index (χ4v) is 6.20. The molecule has 0 aliphatic carbocycles. The van der Waals surface area contributed by atoms with Gasteiger partial charge in [-0.1, -0.05) is 49.2 Å². The van der Waals surface area contributed by atoms with E-state index in [2.05, 4.69) is 19.2 Å². The number of aryl methyl sites for hydroxylation is 2. The zero-order valence-corrected chi connectivity index (χ0v) is 23.7. The second-order valence-electron chi connectivity index (χ2n) is 10.5. The molecule has 1 aromatic heterocycles. The minimum absolute atomic E-state index is 0.0496. The van der Waals surface area contributed by atoms with Crippen molar-refractivity contribution in [2.45, 2.75) is 65.8 Å². The lowest BCUT2D eigenvalue weighted by Crippen LogP contribution is -2.35. The van der Waals surface area contributed by atoms with E-state index >= 15 is 0 Å². The van der Waals surface area contributed by atoms with E-state index < -0.39 is 0 Å². The highest BCUT2D eigenvalue weighted by molar-refractivity contribution is 6.31. The molecule has 0 radical (unpaired) electrons. The number of carbonyl (C=O) groups is 2. The minimum atomic E-state index is -0.385. The Morgan fingerprint density at radius 1 is 1.13 bits per heavy atom. The third-order valence-electron chi connectivity index (χ3n) is 7.48. The molecule has 2 aromatic carbocycles. The molecule has 3 atom stereocenters. The summed E-state index contributed by atoms with van der Waals surface area (Å²) in [6.07, 6.45) is 0.476. The Bertz CT molecular complexity index is 1420. The summed E-state index contributed by atoms with van der Waals surface area (Å²) in [5, 5.41) is 9.40. The van der Waals surface area contributed by atoms with Crippen molar-refractivity contribution >= 4 is 40.8 Å². The van der Waals surface area contributed by atoms with Gasteiger partial charge in [0.1, 0.15) is 0 Å². The molecule has 0 spiro atoms. The minimum Gasteiger partial charge on any atom is -0.446 e. The number of carbonyl (C=O) groups excluding carboxylic acids is 2. The van der Waals surface area contributed by atoms with Crippen molar-refractivity contribution < 1.29 is 14.3 Å². The van der Waals surface area contributed by atoms with Crippen molar-refractivity contribution in [1.82, 2.24) is 15.1 Å². The van der Waals surface area contributed by atoms with Gasteiger partial charge in [-0.25, -0.2) is 0 Å². The number of esters is 1. The van der Waals surface area contributed by atoms with E-state index in [1.807, 2.05) is 59.8 Å². The molecule has 38 heavy (non-hydrogen) atoms. The first-order valence-electron chi connectivity index (χ1n) is 12.9. The largest absolute Gasteiger partial charge is 0.446 e. The van der Waals surface area contributed by atoms with Crippen LogP contribution in [0.25, 0.3) is 0 Å². The molecule has 7 nitrogen and oxygen atoms in total. The third kappa shape index (κ3) is 4.72. The Balaban J connectivity index is 1.67. The number of nitrogens with zero attached hydrogens (tertiary/aromatic N) is 3. The van der Waals surface area contributed by atoms with Gasteiger partial charge in [0.2, 0.25) is 0 Å². The predicted molar refractivity (Wildman–Crippen MR) is 149 cm³/mol. The van der Waals surface area contributed by atoms with E-state index in [0.717, 1.165) is 46.6 Å². The second kappa shape index (κ2) is 10.4. The number of fused-ring (bicyclic) bond motifs is 1. The third-order valence-corrected chi connectivity index (χ3v) is 7.95. The van der Waals surface area contributed by atoms with Crippen LogP contribution in [0.3, 0.4) is 0 Å². The first-order chi connectivity index (χ1) is 18.1. The highest BCUT2D eigenvalue weighted by Gasteiger charge is 2.46. The smallest absolute Gasteiger partial charge is 0.304 e. The Kier molecular flexibility index (Phi) is 7.29. The van der Waals surface area contributed by atoms with Crippen LogP contribution < -0.4 is 10.2 Å². The average molecular weight is 556 g/mol. The number of ether oxygens (including phenoxy) is 1. The van der Waals surface area contributed by atoms with E-state index in [9.17, 15) is 9.59 Å². The lowest BCUT2D eigenvalue weighted by Gasteiger charge is -2.30. The summed E-state index contributed by atoms with van der Waals surface area (Å²) in [5.41, 5.74) is 6.05. The number of amides is 1. The maximum atomic E-state index is 14.2. The van der Waals surface area contributed by atoms with Crippen LogP contribution >= 0.6 is 23.2 Å². The number of hydrogen-bond donors (Lipinski definition) is 1. The van der Waals surface area contributed by atoms with E-state index in [-0.39, 0.29) is 36.0 Å². The van der Waals surface area contributed by atoms with E-state index in [4.69, 9.17) is 33.0 Å². The van der Waals surface area contributed by atoms with Crippen molar-refractivity contribution in [1.29, 1.82) is 0 Å². The van der Waals surface area contributed by atoms with Gasteiger partial charge in [0.15, 0.2) is 11.9 Å². The zero-order chi connectivity index (χ0) is 27.3. The van der Waals surface area contributed by atoms with Gasteiger partial charge in [-0.2, -0.15) is 5.10 Å². The second-order valence-corrected chi connectivity index (χ2v) is 11.4. The Morgan fingerprint density at radius 2 is 1.84 bits per heavy atom. The van der Waals surface area contributed by atoms with Gasteiger partial charge in [0.25, 0.3) is 5.91 Å². The van der Waals surface area contributed by atoms with Gasteiger partial charge < -0.3 is 4.74 Å². The van der Waals surface area contributed by atoms with Crippen LogP contribution in [-0.2, 0) is 16.1 Å². The number of halogens is 2. The number of benzene rings is 2. The topological polar surface area (TPSA) is 76.5 Å². The molecule has 0 saturated carbocycles. The Hall–Kier alpha value is -2.87. The van der Waals surface area contributed by atoms with Crippen molar-refractivity contribution in [3.8, 4) is 0 Å². The van der Waals surface area contributed by atoms with Crippen molar-refractivity contribution in [3.05, 3.63) is 80.1 Å². The number of hydrogen-bond acceptors (Lipinski definition) is 5. The summed E-state index contributed by atoms with van der Waals surface area (Å²) in [4.78, 5) is 27.6. The summed E-state index contributed by atoms with van der Waals surface area (Å²) in [7, 11) is 0. The maximum absolute atomic E-state index is 14.2. The monoisotopic (exact) mass is 554 g/mol. The van der Waals surface area contributed by atoms with E-state index in [1.54, 1.807) is 0 Å². The van der Waals surface area contributed by atoms with E-state index in [0.29, 0.717) is 22.3 Å². The van der Waals surface area contributed by atoms with Crippen LogP contribution in [0.4, 0.5) is 5.69 Å². The SMILES string of the molecule is CC(=O)OC1NCC[C@H]1Cn1nc2c(c1C(C)C)C(c1ccc(Cl)cc1C)N(c1cc(Cl)ccc1C)C2=O. The highest BCUT2D eigenvalue weighted by atomic mass is 35.5. The molecule has 1 saturated heterocycles. The molecule has 2 unspecified atom stereocenters. The van der Waals surface area contributed by atoms with E-state index in [1.165, 1.54) is 6.92 Å². The number of aromatic nitrogens is 2. The number of anilines is 1. The van der Waals surface area contributed by atoms with Crippen molar-refractivity contribution in [2.24, 2.45) is 5.92 Å². The Labute approximate surface area is 233 Å². The van der Waals surface area contributed by atoms with Crippen LogP contribution in [0.15, 0.2) is 36.4 Å². The molecule has 9 heteroatoms. The van der Waals surface area contributed by atoms with Crippen LogP contribution in [-0.4, -0.2) is 34.4 Å². The zero-order valence-electron chi connectivity index (χ0n) is 22.2. The molecular formula is C29H32Cl2N4O3. The van der Waals surface area contributed by atoms with Gasteiger partial charge >= 0.3 is 5.97 Å². The van der Waals surface area contributed by atoms with Gasteiger partial charge in [-0.3, -0.25) is 24.5 Å². The summed E-state index contributed by atoms with van der Waals surface area (Å²) in [6.45, 7) is 11.0. The molecule has 1 fully saturated rings. The van der Waals surface area contributed by atoms with Crippen LogP contribution in [0.1, 0.15) is 77.6 Å². The predicted octanol–water partition coefficient (Wildman–Crippen LogP) is 6.18. The molecule has 0 bridgehead atoms. The summed E-state index contributed by atoms with van der Waals surface area (Å²) >= 11 is 12.7. The van der Waals surface area contributed by atoms with Gasteiger partial charge in [0, 0.05) is 46.4 Å². The molecule has 1 N–H and O–H groups in total. The van der Waals surface area contributed by atoms with Crippen LogP contribution in [0.2, 0.25) is 10.0 Å². The molecular weight excluding hydrogens is 523 g/mol. The Morgan fingerprint density at radius 3 is 2.53 bits per heavy atom. The first kappa shape index (κ1) is 26.7. The van der Waals surface area contributed by atoms with Crippen molar-refractivity contribution in [3.63, 3.8) is 0 Å². The number of rotatable bonds is 6. The molecule has 3 aromatic rings. The average Bonchev–Trinajstić information content (AvgIpc) is 3.50. The number of nitrogens with one attached hydrogen (secondary N) is 1. The molecule has 3 heterocycles. The standard InChI is InChI=1S/C29H32Cl2N4O3/c1-15(2)26-24-25(33-34(26)14-19-10-11-32-28(19)38-18(5)36)29(37)35(23-13-21(31)7-6-16(23)3)27(24)22-9-8-20(30)12-17(22)4/h6-9,12-13,15,19,27-28,32H,10-11,14H2,1-5H3/t19-,27?,28?/m0/s1. The normalized spacial score (nSPS) is 20.9. The van der Waals surface area contributed by atoms with Gasteiger partial charge in [-0.05, 0) is 73.7 Å². The van der Waals surface area contributed by atoms with Crippen molar-refractivity contribution in [2.75, 3.05) is 11.4 Å². The molecule has 5 rings (SSSR count). The lowest BCUT2D eigenvalue weighted by atomic mass is 9.91. The molecule has 2 aliphatic heterocycles. The van der Waals surface area contributed by atoms with Crippen LogP contribution in [0.5, 0.6) is 0 Å². The first-order valence-corrected chi connectivity index (χ1v) is 13.7. The fraction of sp³-hybridized carbons (Fsp3) is 0.414. The quantitative estimate of drug-likeness (QED) is 0.368. The maximum Gasteiger partial charge on any atom is 0.304 e. The molecule has 1 amide bonds. The van der Waals surface area contributed by atoms with Crippen LogP contribution in [0, 0.1) is 19.8 Å². The summed E-state index contributed by atoms with van der Waals surface area (Å²) in [6, 6.07) is 11.0. The fourth-order valence-electron chi connectivity index (χ4n) is 5.81. The lowest BCUT2D eigenvalue weighted by molar-refractivity contribution is -0.149. The summed E-state index contributed by atoms with van der Waals surface area (Å²) < 4.78 is 7.48. The molecule has 2 aliphatic rings. The molecule has 200 valence electrons. The van der Waals surface area contributed by atoms with Gasteiger partial charge in [-0.15, -0.1) is 0 Å². The highest BCUT2D eigenvalue weighted by Crippen LogP contribution is 2.47. The summed E-state index contributed by atoms with van der Waals surface area (Å²) in [5.74, 6) is -0.335.